The molecule has 0 amide bonds. The van der Waals surface area contributed by atoms with Gasteiger partial charge in [0.05, 0.1) is 5.56 Å². The average Bonchev–Trinajstić information content (AvgIpc) is 3.34. The first-order valence-corrected chi connectivity index (χ1v) is 10.6. The number of rotatable bonds is 2. The molecule has 1 saturated carbocycles. The molecule has 5 heteroatoms. The summed E-state index contributed by atoms with van der Waals surface area (Å²) in [5, 5.41) is 0. The molecule has 2 heterocycles. The van der Waals surface area contributed by atoms with Crippen LogP contribution in [0.25, 0.3) is 6.08 Å². The van der Waals surface area contributed by atoms with E-state index >= 15 is 0 Å². The molecule has 2 aromatic rings. The summed E-state index contributed by atoms with van der Waals surface area (Å²) >= 11 is 3.53. The van der Waals surface area contributed by atoms with Crippen molar-refractivity contribution in [3.63, 3.8) is 0 Å². The topological polar surface area (TPSA) is 38.8 Å². The maximum Gasteiger partial charge on any atom is 0.231 e. The smallest absolute Gasteiger partial charge is 0.231 e. The van der Waals surface area contributed by atoms with E-state index in [0.717, 1.165) is 33.5 Å². The summed E-state index contributed by atoms with van der Waals surface area (Å²) in [5.74, 6) is 1.81. The molecular formula is C23H22BrNO3. The van der Waals surface area contributed by atoms with Gasteiger partial charge in [-0.05, 0) is 43.5 Å². The van der Waals surface area contributed by atoms with Gasteiger partial charge >= 0.3 is 0 Å². The van der Waals surface area contributed by atoms with Crippen molar-refractivity contribution in [2.24, 2.45) is 0 Å². The Bertz CT molecular complexity index is 992. The van der Waals surface area contributed by atoms with Crippen LogP contribution in [0.1, 0.15) is 52.7 Å². The van der Waals surface area contributed by atoms with Gasteiger partial charge < -0.3 is 9.47 Å². The molecular weight excluding hydrogens is 418 g/mol. The van der Waals surface area contributed by atoms with E-state index in [1.807, 2.05) is 37.3 Å². The van der Waals surface area contributed by atoms with Crippen LogP contribution >= 0.6 is 15.9 Å². The molecule has 0 atom stereocenters. The maximum atomic E-state index is 13.0. The molecule has 0 N–H and O–H groups in total. The van der Waals surface area contributed by atoms with Crippen molar-refractivity contribution in [1.82, 2.24) is 4.90 Å². The summed E-state index contributed by atoms with van der Waals surface area (Å²) in [6, 6.07) is 10.4. The fourth-order valence-corrected chi connectivity index (χ4v) is 4.90. The largest absolute Gasteiger partial charge is 0.477 e. The number of Topliss-reactive ketones (excluding diaryl/α,β-unsaturated/α-hetero) is 1. The van der Waals surface area contributed by atoms with Gasteiger partial charge in [-0.1, -0.05) is 47.0 Å². The monoisotopic (exact) mass is 439 g/mol. The van der Waals surface area contributed by atoms with Crippen LogP contribution in [0.15, 0.2) is 40.6 Å². The van der Waals surface area contributed by atoms with E-state index in [9.17, 15) is 4.79 Å². The van der Waals surface area contributed by atoms with Gasteiger partial charge in [-0.25, -0.2) is 0 Å². The first kappa shape index (κ1) is 18.0. The Morgan fingerprint density at radius 3 is 2.75 bits per heavy atom. The first-order valence-electron chi connectivity index (χ1n) is 9.84. The summed E-state index contributed by atoms with van der Waals surface area (Å²) in [7, 11) is 0. The van der Waals surface area contributed by atoms with E-state index in [1.165, 1.54) is 25.7 Å². The molecule has 144 valence electrons. The van der Waals surface area contributed by atoms with Gasteiger partial charge in [-0.15, -0.1) is 0 Å². The number of hydrogen-bond donors (Lipinski definition) is 0. The summed E-state index contributed by atoms with van der Waals surface area (Å²) in [5.41, 5.74) is 3.58. The van der Waals surface area contributed by atoms with E-state index < -0.39 is 0 Å². The third kappa shape index (κ3) is 2.97. The molecule has 1 aliphatic carbocycles. The van der Waals surface area contributed by atoms with Crippen molar-refractivity contribution in [3.05, 3.63) is 62.8 Å². The minimum absolute atomic E-state index is 0.0605. The van der Waals surface area contributed by atoms with Gasteiger partial charge in [0.15, 0.2) is 5.76 Å². The Morgan fingerprint density at radius 2 is 1.96 bits per heavy atom. The van der Waals surface area contributed by atoms with Crippen LogP contribution in [0.3, 0.4) is 0 Å². The summed E-state index contributed by atoms with van der Waals surface area (Å²) in [6.45, 7) is 3.44. The number of nitrogens with zero attached hydrogens (tertiary/aromatic N) is 1. The van der Waals surface area contributed by atoms with Gasteiger partial charge in [0.1, 0.15) is 18.2 Å². The van der Waals surface area contributed by atoms with E-state index in [0.29, 0.717) is 29.8 Å². The second-order valence-corrected chi connectivity index (χ2v) is 8.64. The van der Waals surface area contributed by atoms with Gasteiger partial charge in [-0.3, -0.25) is 9.69 Å². The van der Waals surface area contributed by atoms with Gasteiger partial charge in [0.25, 0.3) is 0 Å². The van der Waals surface area contributed by atoms with E-state index in [1.54, 1.807) is 6.08 Å². The van der Waals surface area contributed by atoms with Crippen molar-refractivity contribution >= 4 is 27.8 Å². The third-order valence-electron chi connectivity index (χ3n) is 6.00. The van der Waals surface area contributed by atoms with Crippen LogP contribution in [-0.4, -0.2) is 23.5 Å². The molecule has 1 fully saturated rings. The number of carbonyl (C=O) groups excluding carboxylic acids is 1. The lowest BCUT2D eigenvalue weighted by Crippen LogP contribution is -2.39. The molecule has 0 unspecified atom stereocenters. The lowest BCUT2D eigenvalue weighted by Gasteiger charge is -2.34. The van der Waals surface area contributed by atoms with Crippen molar-refractivity contribution in [2.45, 2.75) is 45.2 Å². The Balaban J connectivity index is 1.49. The molecule has 3 aliphatic rings. The van der Waals surface area contributed by atoms with Crippen LogP contribution < -0.4 is 9.47 Å². The predicted octanol–water partition coefficient (Wildman–Crippen LogP) is 5.47. The van der Waals surface area contributed by atoms with E-state index in [2.05, 4.69) is 20.8 Å². The number of halogens is 1. The molecule has 2 aliphatic heterocycles. The number of ether oxygens (including phenoxy) is 2. The minimum Gasteiger partial charge on any atom is -0.477 e. The zero-order valence-corrected chi connectivity index (χ0v) is 17.4. The highest BCUT2D eigenvalue weighted by atomic mass is 79.9. The second kappa shape index (κ2) is 7.05. The number of allylic oxidation sites excluding steroid dienone is 1. The molecule has 0 aromatic heterocycles. The van der Waals surface area contributed by atoms with Crippen LogP contribution in [0.4, 0.5) is 0 Å². The maximum absolute atomic E-state index is 13.0. The van der Waals surface area contributed by atoms with Gasteiger partial charge in [-0.2, -0.15) is 0 Å². The molecule has 0 spiro atoms. The lowest BCUT2D eigenvalue weighted by molar-refractivity contribution is 0.0570. The van der Waals surface area contributed by atoms with Crippen LogP contribution in [0.5, 0.6) is 11.5 Å². The minimum atomic E-state index is -0.0605. The Kier molecular flexibility index (Phi) is 4.52. The molecule has 0 saturated heterocycles. The van der Waals surface area contributed by atoms with Crippen molar-refractivity contribution < 1.29 is 14.3 Å². The standard InChI is InChI=1S/C23H22BrNO3/c1-14-22-16(12-25(13-27-22)17-7-3-4-8-17)10-18-21(26)20(28-23(14)18)11-15-6-2-5-9-19(15)24/h2,5-6,9-11,17H,3-4,7-8,12-13H2,1H3/b20-11-. The van der Waals surface area contributed by atoms with E-state index in [-0.39, 0.29) is 5.78 Å². The lowest BCUT2D eigenvalue weighted by atomic mass is 9.99. The van der Waals surface area contributed by atoms with E-state index in [4.69, 9.17) is 9.47 Å². The van der Waals surface area contributed by atoms with Crippen LogP contribution in [0.2, 0.25) is 0 Å². The van der Waals surface area contributed by atoms with Gasteiger partial charge in [0, 0.05) is 28.2 Å². The third-order valence-corrected chi connectivity index (χ3v) is 6.72. The molecule has 0 radical (unpaired) electrons. The molecule has 0 bridgehead atoms. The summed E-state index contributed by atoms with van der Waals surface area (Å²) in [6.07, 6.45) is 6.88. The number of carbonyl (C=O) groups is 1. The van der Waals surface area contributed by atoms with Crippen molar-refractivity contribution in [1.29, 1.82) is 0 Å². The van der Waals surface area contributed by atoms with Crippen molar-refractivity contribution in [3.8, 4) is 11.5 Å². The highest BCUT2D eigenvalue weighted by molar-refractivity contribution is 9.10. The van der Waals surface area contributed by atoms with Crippen LogP contribution in [0, 0.1) is 6.92 Å². The Labute approximate surface area is 173 Å². The highest BCUT2D eigenvalue weighted by Crippen LogP contribution is 2.44. The number of fused-ring (bicyclic) bond motifs is 2. The Morgan fingerprint density at radius 1 is 1.18 bits per heavy atom. The summed E-state index contributed by atoms with van der Waals surface area (Å²) in [4.78, 5) is 15.4. The molecule has 28 heavy (non-hydrogen) atoms. The molecule has 2 aromatic carbocycles. The zero-order chi connectivity index (χ0) is 19.3. The van der Waals surface area contributed by atoms with Gasteiger partial charge in [0.2, 0.25) is 5.78 Å². The first-order chi connectivity index (χ1) is 13.6. The fraction of sp³-hybridized carbons (Fsp3) is 0.348. The second-order valence-electron chi connectivity index (χ2n) is 7.79. The number of ketones is 1. The zero-order valence-electron chi connectivity index (χ0n) is 15.8. The van der Waals surface area contributed by atoms with Crippen molar-refractivity contribution in [2.75, 3.05) is 6.73 Å². The Hall–Kier alpha value is -2.11. The highest BCUT2D eigenvalue weighted by Gasteiger charge is 2.35. The number of hydrogen-bond acceptors (Lipinski definition) is 4. The molecule has 5 rings (SSSR count). The SMILES string of the molecule is Cc1c2c(cc3c1O/C(=C\c1ccccc1Br)C3=O)CN(C1CCCC1)CO2. The average molecular weight is 440 g/mol. The summed E-state index contributed by atoms with van der Waals surface area (Å²) < 4.78 is 13.1. The molecule has 4 nitrogen and oxygen atoms in total. The quantitative estimate of drug-likeness (QED) is 0.581. The number of benzene rings is 2. The normalized spacial score (nSPS) is 20.8. The fourth-order valence-electron chi connectivity index (χ4n) is 4.50. The predicted molar refractivity (Wildman–Crippen MR) is 112 cm³/mol. The van der Waals surface area contributed by atoms with Crippen LogP contribution in [-0.2, 0) is 6.54 Å².